The SMILES string of the molecule is Clc1c(-c2ccc3ccccc3c2)nc2c(ccc3c(-c4ccccc4)cc(-c4ccc5ccccc5c4)nc32)c1-c1ccccc1. The number of hydrogen-bond donors (Lipinski definition) is 0. The van der Waals surface area contributed by atoms with Crippen molar-refractivity contribution in [2.45, 2.75) is 0 Å². The second-order valence-electron chi connectivity index (χ2n) is 11.9. The lowest BCUT2D eigenvalue weighted by Crippen LogP contribution is -1.97. The molecule has 0 fully saturated rings. The summed E-state index contributed by atoms with van der Waals surface area (Å²) in [4.78, 5) is 10.8. The van der Waals surface area contributed by atoms with Crippen LogP contribution in [0.1, 0.15) is 0 Å². The third-order valence-electron chi connectivity index (χ3n) is 9.09. The fourth-order valence-electron chi connectivity index (χ4n) is 6.76. The number of rotatable bonds is 4. The average Bonchev–Trinajstić information content (AvgIpc) is 3.14. The van der Waals surface area contributed by atoms with Gasteiger partial charge in [0.05, 0.1) is 27.4 Å². The molecule has 0 aliphatic heterocycles. The Bertz CT molecular complexity index is 2630. The van der Waals surface area contributed by atoms with Crippen LogP contribution in [0.15, 0.2) is 164 Å². The maximum atomic E-state index is 7.39. The van der Waals surface area contributed by atoms with Crippen molar-refractivity contribution in [1.29, 1.82) is 0 Å². The van der Waals surface area contributed by atoms with Crippen molar-refractivity contribution in [1.82, 2.24) is 9.97 Å². The van der Waals surface area contributed by atoms with E-state index in [4.69, 9.17) is 21.6 Å². The minimum absolute atomic E-state index is 0.632. The van der Waals surface area contributed by atoms with Gasteiger partial charge in [-0.3, -0.25) is 0 Å². The van der Waals surface area contributed by atoms with Crippen LogP contribution >= 0.6 is 11.6 Å². The van der Waals surface area contributed by atoms with Gasteiger partial charge in [0.15, 0.2) is 0 Å². The Labute approximate surface area is 277 Å². The van der Waals surface area contributed by atoms with E-state index < -0.39 is 0 Å². The number of aromatic nitrogens is 2. The Morgan fingerprint density at radius 3 is 1.60 bits per heavy atom. The van der Waals surface area contributed by atoms with Crippen molar-refractivity contribution in [2.24, 2.45) is 0 Å². The lowest BCUT2D eigenvalue weighted by molar-refractivity contribution is 1.37. The smallest absolute Gasteiger partial charge is 0.0980 e. The molecule has 2 nitrogen and oxygen atoms in total. The molecule has 0 amide bonds. The molecule has 0 saturated heterocycles. The van der Waals surface area contributed by atoms with E-state index in [0.29, 0.717) is 5.02 Å². The lowest BCUT2D eigenvalue weighted by atomic mass is 9.93. The van der Waals surface area contributed by atoms with Gasteiger partial charge in [-0.05, 0) is 56.4 Å². The fraction of sp³-hybridized carbons (Fsp3) is 0. The maximum Gasteiger partial charge on any atom is 0.0980 e. The van der Waals surface area contributed by atoms with E-state index in [0.717, 1.165) is 72.0 Å². The molecular formula is C44H27ClN2. The molecule has 0 bridgehead atoms. The van der Waals surface area contributed by atoms with Gasteiger partial charge in [-0.2, -0.15) is 0 Å². The zero-order chi connectivity index (χ0) is 31.3. The first kappa shape index (κ1) is 27.5. The highest BCUT2D eigenvalue weighted by Gasteiger charge is 2.21. The van der Waals surface area contributed by atoms with Gasteiger partial charge in [0, 0.05) is 27.5 Å². The minimum Gasteiger partial charge on any atom is -0.245 e. The summed E-state index contributed by atoms with van der Waals surface area (Å²) in [6, 6.07) is 57.3. The predicted molar refractivity (Wildman–Crippen MR) is 199 cm³/mol. The third kappa shape index (κ3) is 4.74. The first-order valence-corrected chi connectivity index (χ1v) is 16.2. The van der Waals surface area contributed by atoms with Crippen molar-refractivity contribution in [2.75, 3.05) is 0 Å². The quantitative estimate of drug-likeness (QED) is 0.183. The highest BCUT2D eigenvalue weighted by molar-refractivity contribution is 6.38. The van der Waals surface area contributed by atoms with Crippen LogP contribution in [0.4, 0.5) is 0 Å². The second kappa shape index (κ2) is 11.2. The Morgan fingerprint density at radius 1 is 0.383 bits per heavy atom. The Balaban J connectivity index is 1.40. The molecule has 0 spiro atoms. The summed E-state index contributed by atoms with van der Waals surface area (Å²) in [6.45, 7) is 0. The summed E-state index contributed by atoms with van der Waals surface area (Å²) in [5, 5.41) is 7.36. The van der Waals surface area contributed by atoms with Gasteiger partial charge in [0.1, 0.15) is 0 Å². The van der Waals surface area contributed by atoms with Gasteiger partial charge in [-0.15, -0.1) is 0 Å². The number of fused-ring (bicyclic) bond motifs is 5. The van der Waals surface area contributed by atoms with Crippen LogP contribution in [0.3, 0.4) is 0 Å². The molecule has 0 aliphatic rings. The largest absolute Gasteiger partial charge is 0.245 e. The summed E-state index contributed by atoms with van der Waals surface area (Å²) in [6.07, 6.45) is 0. The van der Waals surface area contributed by atoms with E-state index in [9.17, 15) is 0 Å². The van der Waals surface area contributed by atoms with Gasteiger partial charge in [0.2, 0.25) is 0 Å². The van der Waals surface area contributed by atoms with E-state index in [2.05, 4.69) is 158 Å². The number of halogens is 1. The molecular weight excluding hydrogens is 592 g/mol. The minimum atomic E-state index is 0.632. The van der Waals surface area contributed by atoms with Crippen LogP contribution in [0.5, 0.6) is 0 Å². The molecule has 2 aromatic heterocycles. The maximum absolute atomic E-state index is 7.39. The summed E-state index contributed by atoms with van der Waals surface area (Å²) >= 11 is 7.39. The molecule has 0 unspecified atom stereocenters. The Hall–Kier alpha value is -5.83. The summed E-state index contributed by atoms with van der Waals surface area (Å²) in [7, 11) is 0. The highest BCUT2D eigenvalue weighted by Crippen LogP contribution is 2.44. The highest BCUT2D eigenvalue weighted by atomic mass is 35.5. The molecule has 0 atom stereocenters. The van der Waals surface area contributed by atoms with Gasteiger partial charge in [-0.25, -0.2) is 9.97 Å². The zero-order valence-corrected chi connectivity index (χ0v) is 26.1. The van der Waals surface area contributed by atoms with Crippen molar-refractivity contribution >= 4 is 55.0 Å². The molecule has 3 heteroatoms. The average molecular weight is 619 g/mol. The van der Waals surface area contributed by atoms with Crippen molar-refractivity contribution in [3.05, 3.63) is 169 Å². The van der Waals surface area contributed by atoms with Crippen LogP contribution in [-0.2, 0) is 0 Å². The molecule has 0 N–H and O–H groups in total. The second-order valence-corrected chi connectivity index (χ2v) is 12.3. The Kier molecular flexibility index (Phi) is 6.55. The third-order valence-corrected chi connectivity index (χ3v) is 9.46. The predicted octanol–water partition coefficient (Wildman–Crippen LogP) is 12.4. The van der Waals surface area contributed by atoms with Gasteiger partial charge < -0.3 is 0 Å². The van der Waals surface area contributed by atoms with E-state index >= 15 is 0 Å². The van der Waals surface area contributed by atoms with Crippen molar-refractivity contribution in [3.63, 3.8) is 0 Å². The van der Waals surface area contributed by atoms with Crippen molar-refractivity contribution < 1.29 is 0 Å². The molecule has 220 valence electrons. The van der Waals surface area contributed by atoms with Gasteiger partial charge in [-0.1, -0.05) is 157 Å². The normalized spacial score (nSPS) is 11.5. The molecule has 9 aromatic rings. The zero-order valence-electron chi connectivity index (χ0n) is 25.4. The molecule has 2 heterocycles. The topological polar surface area (TPSA) is 25.8 Å². The Morgan fingerprint density at radius 2 is 0.915 bits per heavy atom. The van der Waals surface area contributed by atoms with Crippen LogP contribution in [0.2, 0.25) is 5.02 Å². The van der Waals surface area contributed by atoms with Crippen LogP contribution < -0.4 is 0 Å². The molecule has 0 aliphatic carbocycles. The van der Waals surface area contributed by atoms with Crippen LogP contribution in [-0.4, -0.2) is 9.97 Å². The van der Waals surface area contributed by atoms with Gasteiger partial charge in [0.25, 0.3) is 0 Å². The van der Waals surface area contributed by atoms with E-state index in [-0.39, 0.29) is 0 Å². The number of hydrogen-bond acceptors (Lipinski definition) is 2. The van der Waals surface area contributed by atoms with Crippen LogP contribution in [0, 0.1) is 0 Å². The van der Waals surface area contributed by atoms with Crippen molar-refractivity contribution in [3.8, 4) is 44.8 Å². The van der Waals surface area contributed by atoms with Gasteiger partial charge >= 0.3 is 0 Å². The number of benzene rings is 7. The standard InChI is InChI=1S/C44H27ClN2/c45-41-40(31-15-5-2-6-16-31)37-24-23-36-38(30-13-3-1-4-14-30)27-39(34-21-19-28-11-7-9-17-32(28)25-34)46-43(36)44(37)47-42(41)35-22-20-29-12-8-10-18-33(29)26-35/h1-27H. The summed E-state index contributed by atoms with van der Waals surface area (Å²) in [5.74, 6) is 0. The monoisotopic (exact) mass is 618 g/mol. The first-order chi connectivity index (χ1) is 23.2. The van der Waals surface area contributed by atoms with Crippen LogP contribution in [0.25, 0.3) is 88.1 Å². The first-order valence-electron chi connectivity index (χ1n) is 15.8. The molecule has 7 aromatic carbocycles. The van der Waals surface area contributed by atoms with E-state index in [1.54, 1.807) is 0 Å². The van der Waals surface area contributed by atoms with E-state index in [1.807, 2.05) is 6.07 Å². The molecule has 0 radical (unpaired) electrons. The number of pyridine rings is 2. The fourth-order valence-corrected chi connectivity index (χ4v) is 7.12. The van der Waals surface area contributed by atoms with E-state index in [1.165, 1.54) is 16.2 Å². The summed E-state index contributed by atoms with van der Waals surface area (Å²) < 4.78 is 0. The molecule has 47 heavy (non-hydrogen) atoms. The summed E-state index contributed by atoms with van der Waals surface area (Å²) in [5.41, 5.74) is 9.61. The molecule has 0 saturated carbocycles. The molecule has 9 rings (SSSR count). The lowest BCUT2D eigenvalue weighted by Gasteiger charge is -2.17. The number of nitrogens with zero attached hydrogens (tertiary/aromatic N) is 2.